The summed E-state index contributed by atoms with van der Waals surface area (Å²) in [6.07, 6.45) is 3.21. The molecular formula is C9H17Cl. The van der Waals surface area contributed by atoms with E-state index >= 15 is 0 Å². The number of hydrogen-bond acceptors (Lipinski definition) is 0. The average Bonchev–Trinajstić information content (AvgIpc) is 1.81. The van der Waals surface area contributed by atoms with E-state index in [2.05, 4.69) is 26.8 Å². The quantitative estimate of drug-likeness (QED) is 0.428. The highest BCUT2D eigenvalue weighted by Gasteiger charge is 2.11. The molecule has 0 spiro atoms. The van der Waals surface area contributed by atoms with Crippen molar-refractivity contribution >= 4 is 11.6 Å². The largest absolute Gasteiger partial charge is 0.122 e. The molecule has 0 aromatic carbocycles. The second kappa shape index (κ2) is 4.02. The van der Waals surface area contributed by atoms with E-state index in [1.165, 1.54) is 5.57 Å². The molecule has 0 atom stereocenters. The van der Waals surface area contributed by atoms with Crippen LogP contribution in [0.5, 0.6) is 0 Å². The van der Waals surface area contributed by atoms with Gasteiger partial charge in [-0.05, 0) is 18.8 Å². The molecule has 0 fully saturated rings. The van der Waals surface area contributed by atoms with Crippen molar-refractivity contribution in [3.8, 4) is 0 Å². The zero-order valence-corrected chi connectivity index (χ0v) is 8.13. The van der Waals surface area contributed by atoms with Crippen LogP contribution in [0, 0.1) is 5.41 Å². The second-order valence-electron chi connectivity index (χ2n) is 3.82. The van der Waals surface area contributed by atoms with Crippen molar-refractivity contribution in [2.45, 2.75) is 34.1 Å². The lowest BCUT2D eigenvalue weighted by molar-refractivity contribution is 0.410. The Morgan fingerprint density at radius 3 is 2.00 bits per heavy atom. The predicted molar refractivity (Wildman–Crippen MR) is 48.5 cm³/mol. The molecule has 0 amide bonds. The summed E-state index contributed by atoms with van der Waals surface area (Å²) in [5, 5.41) is 0. The average molecular weight is 161 g/mol. The van der Waals surface area contributed by atoms with Crippen molar-refractivity contribution in [3.05, 3.63) is 11.6 Å². The van der Waals surface area contributed by atoms with Crippen LogP contribution in [0.1, 0.15) is 34.1 Å². The monoisotopic (exact) mass is 160 g/mol. The first-order valence-electron chi connectivity index (χ1n) is 3.69. The van der Waals surface area contributed by atoms with Gasteiger partial charge in [0.25, 0.3) is 0 Å². The fourth-order valence-electron chi connectivity index (χ4n) is 0.908. The zero-order valence-electron chi connectivity index (χ0n) is 7.37. The molecule has 0 saturated carbocycles. The maximum Gasteiger partial charge on any atom is 0.0433 e. The van der Waals surface area contributed by atoms with Gasteiger partial charge in [0.2, 0.25) is 0 Å². The Morgan fingerprint density at radius 1 is 1.40 bits per heavy atom. The van der Waals surface area contributed by atoms with Gasteiger partial charge in [0.1, 0.15) is 0 Å². The number of alkyl halides is 1. The molecule has 1 heteroatoms. The molecular weight excluding hydrogens is 144 g/mol. The molecule has 60 valence electrons. The Kier molecular flexibility index (Phi) is 4.04. The zero-order chi connectivity index (χ0) is 8.20. The van der Waals surface area contributed by atoms with Crippen LogP contribution in [-0.4, -0.2) is 5.88 Å². The van der Waals surface area contributed by atoms with E-state index in [1.807, 2.05) is 6.92 Å². The lowest BCUT2D eigenvalue weighted by Crippen LogP contribution is -2.06. The van der Waals surface area contributed by atoms with Gasteiger partial charge in [0.05, 0.1) is 0 Å². The third-order valence-corrected chi connectivity index (χ3v) is 1.68. The van der Waals surface area contributed by atoms with Gasteiger partial charge in [-0.1, -0.05) is 32.4 Å². The van der Waals surface area contributed by atoms with Gasteiger partial charge in [0.15, 0.2) is 0 Å². The van der Waals surface area contributed by atoms with Crippen molar-refractivity contribution in [3.63, 3.8) is 0 Å². The van der Waals surface area contributed by atoms with E-state index in [4.69, 9.17) is 11.6 Å². The van der Waals surface area contributed by atoms with Gasteiger partial charge in [-0.15, -0.1) is 11.6 Å². The minimum atomic E-state index is 0.372. The first-order valence-corrected chi connectivity index (χ1v) is 4.23. The standard InChI is InChI=1S/C9H17Cl/c1-5-8(7-10)6-9(2,3)4/h5H,6-7H2,1-4H3/b8-5-. The van der Waals surface area contributed by atoms with Gasteiger partial charge < -0.3 is 0 Å². The van der Waals surface area contributed by atoms with Crippen LogP contribution in [-0.2, 0) is 0 Å². The Labute approximate surface area is 69.3 Å². The van der Waals surface area contributed by atoms with Crippen molar-refractivity contribution < 1.29 is 0 Å². The Morgan fingerprint density at radius 2 is 1.90 bits per heavy atom. The van der Waals surface area contributed by atoms with Crippen LogP contribution in [0.2, 0.25) is 0 Å². The maximum absolute atomic E-state index is 5.71. The molecule has 0 aliphatic rings. The highest BCUT2D eigenvalue weighted by Crippen LogP contribution is 2.24. The molecule has 10 heavy (non-hydrogen) atoms. The Hall–Kier alpha value is 0.0300. The van der Waals surface area contributed by atoms with E-state index in [0.717, 1.165) is 6.42 Å². The molecule has 0 N–H and O–H groups in total. The molecule has 0 aliphatic heterocycles. The number of halogens is 1. The Balaban J connectivity index is 3.88. The smallest absolute Gasteiger partial charge is 0.0433 e. The summed E-state index contributed by atoms with van der Waals surface area (Å²) in [4.78, 5) is 0. The lowest BCUT2D eigenvalue weighted by atomic mass is 9.88. The fourth-order valence-corrected chi connectivity index (χ4v) is 1.16. The van der Waals surface area contributed by atoms with Crippen LogP contribution in [0.15, 0.2) is 11.6 Å². The third kappa shape index (κ3) is 4.87. The predicted octanol–water partition coefficient (Wildman–Crippen LogP) is 3.61. The number of rotatable bonds is 2. The summed E-state index contributed by atoms with van der Waals surface area (Å²) in [5.74, 6) is 0.674. The molecule has 0 aromatic heterocycles. The van der Waals surface area contributed by atoms with Gasteiger partial charge >= 0.3 is 0 Å². The van der Waals surface area contributed by atoms with E-state index < -0.39 is 0 Å². The maximum atomic E-state index is 5.71. The van der Waals surface area contributed by atoms with Gasteiger partial charge in [0, 0.05) is 5.88 Å². The van der Waals surface area contributed by atoms with Crippen LogP contribution in [0.3, 0.4) is 0 Å². The van der Waals surface area contributed by atoms with Crippen molar-refractivity contribution in [2.24, 2.45) is 5.41 Å². The summed E-state index contributed by atoms with van der Waals surface area (Å²) in [6, 6.07) is 0. The highest BCUT2D eigenvalue weighted by atomic mass is 35.5. The van der Waals surface area contributed by atoms with Crippen LogP contribution < -0.4 is 0 Å². The first-order chi connectivity index (χ1) is 4.49. The molecule has 0 bridgehead atoms. The topological polar surface area (TPSA) is 0 Å². The van der Waals surface area contributed by atoms with E-state index in [0.29, 0.717) is 11.3 Å². The molecule has 0 unspecified atom stereocenters. The van der Waals surface area contributed by atoms with Gasteiger partial charge in [-0.3, -0.25) is 0 Å². The Bertz CT molecular complexity index is 117. The van der Waals surface area contributed by atoms with Crippen LogP contribution in [0.4, 0.5) is 0 Å². The normalized spacial score (nSPS) is 13.9. The fraction of sp³-hybridized carbons (Fsp3) is 0.778. The minimum Gasteiger partial charge on any atom is -0.122 e. The summed E-state index contributed by atoms with van der Waals surface area (Å²) in [5.41, 5.74) is 1.71. The SMILES string of the molecule is C/C=C(\CCl)CC(C)(C)C. The van der Waals surface area contributed by atoms with E-state index in [-0.39, 0.29) is 0 Å². The first kappa shape index (κ1) is 10.0. The van der Waals surface area contributed by atoms with Crippen molar-refractivity contribution in [1.29, 1.82) is 0 Å². The third-order valence-electron chi connectivity index (χ3n) is 1.34. The van der Waals surface area contributed by atoms with Gasteiger partial charge in [-0.2, -0.15) is 0 Å². The molecule has 0 radical (unpaired) electrons. The van der Waals surface area contributed by atoms with Crippen molar-refractivity contribution in [2.75, 3.05) is 5.88 Å². The van der Waals surface area contributed by atoms with E-state index in [1.54, 1.807) is 0 Å². The molecule has 0 aromatic rings. The summed E-state index contributed by atoms with van der Waals surface area (Å²) >= 11 is 5.71. The number of allylic oxidation sites excluding steroid dienone is 2. The molecule has 0 aliphatic carbocycles. The molecule has 0 nitrogen and oxygen atoms in total. The van der Waals surface area contributed by atoms with Gasteiger partial charge in [-0.25, -0.2) is 0 Å². The molecule has 0 heterocycles. The summed E-state index contributed by atoms with van der Waals surface area (Å²) < 4.78 is 0. The minimum absolute atomic E-state index is 0.372. The number of hydrogen-bond donors (Lipinski definition) is 0. The van der Waals surface area contributed by atoms with Crippen LogP contribution in [0.25, 0.3) is 0 Å². The van der Waals surface area contributed by atoms with E-state index in [9.17, 15) is 0 Å². The lowest BCUT2D eigenvalue weighted by Gasteiger charge is -2.18. The summed E-state index contributed by atoms with van der Waals surface area (Å²) in [7, 11) is 0. The highest BCUT2D eigenvalue weighted by molar-refractivity contribution is 6.19. The second-order valence-corrected chi connectivity index (χ2v) is 4.09. The van der Waals surface area contributed by atoms with Crippen LogP contribution >= 0.6 is 11.6 Å². The molecule has 0 rings (SSSR count). The van der Waals surface area contributed by atoms with Crippen molar-refractivity contribution in [1.82, 2.24) is 0 Å². The molecule has 0 saturated heterocycles. The summed E-state index contributed by atoms with van der Waals surface area (Å²) in [6.45, 7) is 8.72.